The average Bonchev–Trinajstić information content (AvgIpc) is 3.35. The van der Waals surface area contributed by atoms with E-state index in [1.165, 1.54) is 18.9 Å². The summed E-state index contributed by atoms with van der Waals surface area (Å²) in [6.45, 7) is 3.80. The zero-order valence-electron chi connectivity index (χ0n) is 22.6. The second-order valence-corrected chi connectivity index (χ2v) is 9.95. The summed E-state index contributed by atoms with van der Waals surface area (Å²) in [6, 6.07) is 14.0. The van der Waals surface area contributed by atoms with Crippen LogP contribution in [0.4, 0.5) is 13.2 Å². The van der Waals surface area contributed by atoms with Gasteiger partial charge in [0.2, 0.25) is 0 Å². The fourth-order valence-corrected chi connectivity index (χ4v) is 5.41. The van der Waals surface area contributed by atoms with Crippen molar-refractivity contribution in [1.82, 2.24) is 24.4 Å². The summed E-state index contributed by atoms with van der Waals surface area (Å²) in [5, 5.41) is 13.9. The van der Waals surface area contributed by atoms with Gasteiger partial charge < -0.3 is 14.7 Å². The number of nitrogens with zero attached hydrogens (tertiary/aromatic N) is 5. The van der Waals surface area contributed by atoms with E-state index in [0.717, 1.165) is 6.20 Å². The van der Waals surface area contributed by atoms with Gasteiger partial charge in [-0.3, -0.25) is 14.5 Å². The molecule has 5 rings (SSSR count). The van der Waals surface area contributed by atoms with E-state index in [-0.39, 0.29) is 42.1 Å². The van der Waals surface area contributed by atoms with Gasteiger partial charge >= 0.3 is 12.1 Å². The van der Waals surface area contributed by atoms with E-state index in [1.54, 1.807) is 66.4 Å². The maximum absolute atomic E-state index is 14.3. The number of aliphatic carboxylic acids is 1. The van der Waals surface area contributed by atoms with Crippen LogP contribution in [0.25, 0.3) is 16.9 Å². The molecule has 214 valence electrons. The Labute approximate surface area is 233 Å². The fraction of sp³-hybridized carbons (Fsp3) is 0.310. The number of carboxylic acid groups (broad SMARTS) is 1. The van der Waals surface area contributed by atoms with Gasteiger partial charge in [0.05, 0.1) is 19.0 Å². The van der Waals surface area contributed by atoms with Crippen molar-refractivity contribution in [2.45, 2.75) is 32.1 Å². The van der Waals surface area contributed by atoms with Gasteiger partial charge in [-0.15, -0.1) is 0 Å². The lowest BCUT2D eigenvalue weighted by Gasteiger charge is -2.42. The first-order valence-electron chi connectivity index (χ1n) is 12.9. The number of carboxylic acids is 1. The first kappa shape index (κ1) is 28.1. The molecule has 1 N–H and O–H groups in total. The van der Waals surface area contributed by atoms with E-state index < -0.39 is 35.8 Å². The third-order valence-electron chi connectivity index (χ3n) is 7.38. The highest BCUT2D eigenvalue weighted by molar-refractivity contribution is 6.00. The number of carbonyl (C=O) groups excluding carboxylic acids is 1. The molecule has 1 aliphatic heterocycles. The van der Waals surface area contributed by atoms with Crippen LogP contribution >= 0.6 is 0 Å². The number of piperazine rings is 1. The molecule has 1 amide bonds. The summed E-state index contributed by atoms with van der Waals surface area (Å²) in [6.07, 6.45) is -3.65. The number of ether oxygens (including phenoxy) is 1. The number of hydrogen-bond acceptors (Lipinski definition) is 6. The van der Waals surface area contributed by atoms with Crippen LogP contribution in [0.2, 0.25) is 0 Å². The highest BCUT2D eigenvalue weighted by Crippen LogP contribution is 2.37. The number of amides is 1. The first-order valence-corrected chi connectivity index (χ1v) is 12.9. The number of alkyl halides is 3. The minimum absolute atomic E-state index is 0.0663. The summed E-state index contributed by atoms with van der Waals surface area (Å²) in [4.78, 5) is 33.7. The van der Waals surface area contributed by atoms with E-state index >= 15 is 0 Å². The lowest BCUT2D eigenvalue weighted by Crippen LogP contribution is -2.55. The predicted octanol–water partition coefficient (Wildman–Crippen LogP) is 4.70. The van der Waals surface area contributed by atoms with E-state index in [2.05, 4.69) is 10.1 Å². The molecule has 2 aromatic carbocycles. The Morgan fingerprint density at radius 2 is 1.76 bits per heavy atom. The molecule has 0 radical (unpaired) electrons. The molecule has 41 heavy (non-hydrogen) atoms. The van der Waals surface area contributed by atoms with Crippen molar-refractivity contribution in [3.63, 3.8) is 0 Å². The molecule has 0 spiro atoms. The van der Waals surface area contributed by atoms with E-state index in [4.69, 9.17) is 4.74 Å². The highest BCUT2D eigenvalue weighted by Gasteiger charge is 2.40. The van der Waals surface area contributed by atoms with Gasteiger partial charge in [-0.05, 0) is 43.7 Å². The maximum Gasteiger partial charge on any atom is 0.433 e. The predicted molar refractivity (Wildman–Crippen MR) is 144 cm³/mol. The SMILES string of the molecule is COc1ccc(-c2nc3c(C(=O)N4CCN([C@@H](C(=O)O)c5ccccc5)C[C@H]4C)cnn3c(C(F)(F)F)c2C)cc1. The van der Waals surface area contributed by atoms with Crippen molar-refractivity contribution in [3.05, 3.63) is 83.2 Å². The summed E-state index contributed by atoms with van der Waals surface area (Å²) in [5.41, 5.74) is -0.285. The van der Waals surface area contributed by atoms with Gasteiger partial charge in [0.1, 0.15) is 17.4 Å². The second kappa shape index (κ2) is 10.8. The van der Waals surface area contributed by atoms with Crippen LogP contribution in [0.15, 0.2) is 60.8 Å². The molecule has 2 aromatic heterocycles. The average molecular weight is 568 g/mol. The number of methoxy groups -OCH3 is 1. The number of benzene rings is 2. The minimum atomic E-state index is -4.76. The molecule has 1 fully saturated rings. The van der Waals surface area contributed by atoms with Gasteiger partial charge in [-0.25, -0.2) is 9.50 Å². The molecule has 1 saturated heterocycles. The topological polar surface area (TPSA) is 100 Å². The lowest BCUT2D eigenvalue weighted by molar-refractivity contribution is -0.145. The van der Waals surface area contributed by atoms with E-state index in [9.17, 15) is 27.9 Å². The third-order valence-corrected chi connectivity index (χ3v) is 7.38. The van der Waals surface area contributed by atoms with Crippen molar-refractivity contribution < 1.29 is 32.6 Å². The van der Waals surface area contributed by atoms with Crippen molar-refractivity contribution in [2.24, 2.45) is 0 Å². The molecular weight excluding hydrogens is 539 g/mol. The molecule has 12 heteroatoms. The van der Waals surface area contributed by atoms with Crippen molar-refractivity contribution in [2.75, 3.05) is 26.7 Å². The van der Waals surface area contributed by atoms with Crippen LogP contribution in [0.5, 0.6) is 5.75 Å². The van der Waals surface area contributed by atoms with Crippen LogP contribution in [0, 0.1) is 6.92 Å². The van der Waals surface area contributed by atoms with Crippen molar-refractivity contribution in [3.8, 4) is 17.0 Å². The zero-order valence-corrected chi connectivity index (χ0v) is 22.6. The summed E-state index contributed by atoms with van der Waals surface area (Å²) in [5.74, 6) is -0.991. The van der Waals surface area contributed by atoms with Crippen molar-refractivity contribution in [1.29, 1.82) is 0 Å². The minimum Gasteiger partial charge on any atom is -0.497 e. The summed E-state index contributed by atoms with van der Waals surface area (Å²) in [7, 11) is 1.49. The maximum atomic E-state index is 14.3. The van der Waals surface area contributed by atoms with Crippen LogP contribution in [0.3, 0.4) is 0 Å². The molecule has 0 bridgehead atoms. The first-order chi connectivity index (χ1) is 19.5. The zero-order chi connectivity index (χ0) is 29.5. The van der Waals surface area contributed by atoms with Crippen LogP contribution in [0.1, 0.15) is 40.1 Å². The molecule has 4 aromatic rings. The monoisotopic (exact) mass is 567 g/mol. The quantitative estimate of drug-likeness (QED) is 0.360. The number of fused-ring (bicyclic) bond motifs is 1. The van der Waals surface area contributed by atoms with E-state index in [0.29, 0.717) is 21.4 Å². The van der Waals surface area contributed by atoms with Crippen LogP contribution < -0.4 is 4.74 Å². The lowest BCUT2D eigenvalue weighted by atomic mass is 10.0. The fourth-order valence-electron chi connectivity index (χ4n) is 5.41. The molecule has 1 aliphatic rings. The van der Waals surface area contributed by atoms with Gasteiger partial charge in [0.25, 0.3) is 5.91 Å². The Morgan fingerprint density at radius 3 is 2.34 bits per heavy atom. The Hall–Kier alpha value is -4.45. The Balaban J connectivity index is 1.50. The largest absolute Gasteiger partial charge is 0.497 e. The third kappa shape index (κ3) is 5.22. The normalized spacial score (nSPS) is 17.0. The Bertz CT molecular complexity index is 1590. The number of aromatic nitrogens is 3. The van der Waals surface area contributed by atoms with Crippen LogP contribution in [-0.2, 0) is 11.0 Å². The van der Waals surface area contributed by atoms with Gasteiger partial charge in [0.15, 0.2) is 11.3 Å². The summed E-state index contributed by atoms with van der Waals surface area (Å²) >= 11 is 0. The van der Waals surface area contributed by atoms with Crippen molar-refractivity contribution >= 4 is 17.5 Å². The van der Waals surface area contributed by atoms with Crippen LogP contribution in [-0.4, -0.2) is 74.2 Å². The molecule has 3 heterocycles. The second-order valence-electron chi connectivity index (χ2n) is 9.95. The molecular formula is C29H28F3N5O4. The van der Waals surface area contributed by atoms with Gasteiger partial charge in [-0.2, -0.15) is 18.3 Å². The summed E-state index contributed by atoms with van der Waals surface area (Å²) < 4.78 is 48.7. The number of halogens is 3. The number of hydrogen-bond donors (Lipinski definition) is 1. The molecule has 0 aliphatic carbocycles. The van der Waals surface area contributed by atoms with Gasteiger partial charge in [0, 0.05) is 36.8 Å². The Kier molecular flexibility index (Phi) is 7.43. The van der Waals surface area contributed by atoms with Gasteiger partial charge in [-0.1, -0.05) is 30.3 Å². The van der Waals surface area contributed by atoms with E-state index in [1.807, 2.05) is 0 Å². The molecule has 9 nitrogen and oxygen atoms in total. The molecule has 0 saturated carbocycles. The molecule has 0 unspecified atom stereocenters. The Morgan fingerprint density at radius 1 is 1.07 bits per heavy atom. The molecule has 2 atom stereocenters. The standard InChI is InChI=1S/C29H28F3N5O4/c1-17-16-35(24(28(39)40)20-7-5-4-6-8-20)13-14-36(17)27(38)22-15-33-37-25(29(30,31)32)18(2)23(34-26(22)37)19-9-11-21(41-3)12-10-19/h4-12,15,17,24H,13-14,16H2,1-3H3,(H,39,40)/t17-,24-/m1/s1. The number of rotatable bonds is 6. The smallest absolute Gasteiger partial charge is 0.433 e. The number of carbonyl (C=O) groups is 2. The highest BCUT2D eigenvalue weighted by atomic mass is 19.4.